The van der Waals surface area contributed by atoms with Crippen molar-refractivity contribution in [2.24, 2.45) is 0 Å². The molecule has 1 aliphatic rings. The Morgan fingerprint density at radius 3 is 2.66 bits per heavy atom. The molecular formula is C34H33ClN2O7. The molecule has 9 nitrogen and oxygen atoms in total. The smallest absolute Gasteiger partial charge is 0.339 e. The van der Waals surface area contributed by atoms with Gasteiger partial charge in [-0.2, -0.15) is 5.10 Å². The van der Waals surface area contributed by atoms with Gasteiger partial charge in [0.05, 0.1) is 25.6 Å². The van der Waals surface area contributed by atoms with Crippen molar-refractivity contribution in [3.05, 3.63) is 99.2 Å². The second-order valence-electron chi connectivity index (χ2n) is 10.4. The maximum Gasteiger partial charge on any atom is 0.339 e. The molecule has 5 rings (SSSR count). The fourth-order valence-electron chi connectivity index (χ4n) is 5.27. The number of aromatic carboxylic acids is 1. The van der Waals surface area contributed by atoms with Crippen LogP contribution in [0.25, 0.3) is 17.3 Å². The molecule has 0 aliphatic carbocycles. The highest BCUT2D eigenvalue weighted by Gasteiger charge is 2.22. The van der Waals surface area contributed by atoms with Gasteiger partial charge in [0, 0.05) is 57.8 Å². The molecule has 0 unspecified atom stereocenters. The molecule has 1 aliphatic heterocycles. The molecule has 0 radical (unpaired) electrons. The third-order valence-corrected chi connectivity index (χ3v) is 7.73. The van der Waals surface area contributed by atoms with E-state index in [4.69, 9.17) is 25.8 Å². The molecule has 0 saturated heterocycles. The lowest BCUT2D eigenvalue weighted by molar-refractivity contribution is -0.132. The molecule has 0 amide bonds. The molecule has 0 saturated carbocycles. The van der Waals surface area contributed by atoms with E-state index in [0.29, 0.717) is 46.3 Å². The van der Waals surface area contributed by atoms with Gasteiger partial charge in [-0.1, -0.05) is 43.1 Å². The number of unbranched alkanes of at least 4 members (excludes halogenated alkanes) is 1. The van der Waals surface area contributed by atoms with E-state index in [1.165, 1.54) is 6.07 Å². The van der Waals surface area contributed by atoms with Gasteiger partial charge in [0.2, 0.25) is 0 Å². The average Bonchev–Trinajstić information content (AvgIpc) is 3.64. The summed E-state index contributed by atoms with van der Waals surface area (Å²) in [5.41, 5.74) is 4.71. The molecule has 44 heavy (non-hydrogen) atoms. The van der Waals surface area contributed by atoms with Gasteiger partial charge in [-0.05, 0) is 48.9 Å². The Labute approximate surface area is 260 Å². The van der Waals surface area contributed by atoms with Gasteiger partial charge in [0.15, 0.2) is 0 Å². The summed E-state index contributed by atoms with van der Waals surface area (Å²) in [6, 6.07) is 15.6. The maximum absolute atomic E-state index is 12.6. The number of nitrogens with zero attached hydrogens (tertiary/aromatic N) is 2. The normalized spacial score (nSPS) is 12.5. The summed E-state index contributed by atoms with van der Waals surface area (Å²) >= 11 is 6.41. The molecule has 0 fully saturated rings. The maximum atomic E-state index is 12.6. The number of ether oxygens (including phenoxy) is 3. The minimum atomic E-state index is -1.09. The number of halogens is 1. The SMILES string of the molecule is CCCCn1ncc(/C=C(\Cc2cc3c(cc2OC)CCO3)C(=O)O)c1-c1ccc(Cl)cc1COc1ccccc1C(=O)O. The zero-order valence-electron chi connectivity index (χ0n) is 24.5. The molecule has 1 aromatic heterocycles. The number of aromatic nitrogens is 2. The average molecular weight is 617 g/mol. The number of aliphatic carboxylic acids is 1. The monoisotopic (exact) mass is 616 g/mol. The number of hydrogen-bond acceptors (Lipinski definition) is 6. The summed E-state index contributed by atoms with van der Waals surface area (Å²) in [6.45, 7) is 3.31. The van der Waals surface area contributed by atoms with Crippen LogP contribution in [-0.2, 0) is 30.8 Å². The second-order valence-corrected chi connectivity index (χ2v) is 10.9. The van der Waals surface area contributed by atoms with E-state index in [1.807, 2.05) is 22.9 Å². The van der Waals surface area contributed by atoms with E-state index in [1.54, 1.807) is 49.7 Å². The Hall–Kier alpha value is -4.76. The number of fused-ring (bicyclic) bond motifs is 1. The zero-order chi connectivity index (χ0) is 31.2. The first-order valence-corrected chi connectivity index (χ1v) is 14.7. The van der Waals surface area contributed by atoms with Crippen molar-refractivity contribution in [3.63, 3.8) is 0 Å². The topological polar surface area (TPSA) is 120 Å². The van der Waals surface area contributed by atoms with Crippen LogP contribution < -0.4 is 14.2 Å². The quantitative estimate of drug-likeness (QED) is 0.155. The number of aryl methyl sites for hydroxylation is 1. The van der Waals surface area contributed by atoms with Gasteiger partial charge < -0.3 is 24.4 Å². The van der Waals surface area contributed by atoms with Gasteiger partial charge in [-0.3, -0.25) is 4.68 Å². The molecule has 2 N–H and O–H groups in total. The largest absolute Gasteiger partial charge is 0.496 e. The number of hydrogen-bond donors (Lipinski definition) is 2. The summed E-state index contributed by atoms with van der Waals surface area (Å²) < 4.78 is 19.2. The number of para-hydroxylation sites is 1. The lowest BCUT2D eigenvalue weighted by Gasteiger charge is -2.16. The third-order valence-electron chi connectivity index (χ3n) is 7.49. The molecule has 4 aromatic rings. The molecule has 2 heterocycles. The molecule has 0 spiro atoms. The van der Waals surface area contributed by atoms with E-state index in [-0.39, 0.29) is 29.9 Å². The lowest BCUT2D eigenvalue weighted by atomic mass is 9.97. The van der Waals surface area contributed by atoms with Crippen molar-refractivity contribution in [2.45, 2.75) is 45.8 Å². The summed E-state index contributed by atoms with van der Waals surface area (Å²) in [4.78, 5) is 24.3. The van der Waals surface area contributed by atoms with E-state index in [9.17, 15) is 19.8 Å². The predicted octanol–water partition coefficient (Wildman–Crippen LogP) is 6.94. The molecule has 0 atom stereocenters. The van der Waals surface area contributed by atoms with Crippen molar-refractivity contribution < 1.29 is 34.0 Å². The lowest BCUT2D eigenvalue weighted by Crippen LogP contribution is -2.08. The number of carboxylic acids is 2. The first-order valence-electron chi connectivity index (χ1n) is 14.3. The van der Waals surface area contributed by atoms with Crippen LogP contribution in [0.3, 0.4) is 0 Å². The summed E-state index contributed by atoms with van der Waals surface area (Å²) in [6.07, 6.45) is 5.99. The van der Waals surface area contributed by atoms with Crippen LogP contribution in [0.1, 0.15) is 52.4 Å². The van der Waals surface area contributed by atoms with Crippen LogP contribution >= 0.6 is 11.6 Å². The van der Waals surface area contributed by atoms with Crippen molar-refractivity contribution in [2.75, 3.05) is 13.7 Å². The number of carboxylic acid groups (broad SMARTS) is 2. The van der Waals surface area contributed by atoms with Crippen molar-refractivity contribution in [1.82, 2.24) is 9.78 Å². The van der Waals surface area contributed by atoms with Gasteiger partial charge in [0.25, 0.3) is 0 Å². The Morgan fingerprint density at radius 1 is 1.09 bits per heavy atom. The summed E-state index contributed by atoms with van der Waals surface area (Å²) in [5, 5.41) is 25.0. The van der Waals surface area contributed by atoms with E-state index in [2.05, 4.69) is 12.0 Å². The Morgan fingerprint density at radius 2 is 1.91 bits per heavy atom. The van der Waals surface area contributed by atoms with Crippen LogP contribution in [0, 0.1) is 0 Å². The van der Waals surface area contributed by atoms with Crippen LogP contribution in [0.15, 0.2) is 66.4 Å². The summed E-state index contributed by atoms with van der Waals surface area (Å²) in [5.74, 6) is -0.575. The highest BCUT2D eigenvalue weighted by atomic mass is 35.5. The Bertz CT molecular complexity index is 1730. The standard InChI is InChI=1S/C34H33ClN2O7/c1-3-4-12-37-32(27-10-9-26(35)16-25(27)20-44-29-8-6-5-7-28(29)34(40)41)24(19-36-37)15-23(33(38)39)14-22-18-31-21(11-13-43-31)17-30(22)42-2/h5-10,15-19H,3-4,11-14,20H2,1-2H3,(H,38,39)(H,40,41)/b23-15+. The highest BCUT2D eigenvalue weighted by molar-refractivity contribution is 6.30. The fourth-order valence-corrected chi connectivity index (χ4v) is 5.46. The molecule has 10 heteroatoms. The van der Waals surface area contributed by atoms with Crippen LogP contribution in [0.5, 0.6) is 17.2 Å². The molecular weight excluding hydrogens is 584 g/mol. The van der Waals surface area contributed by atoms with Crippen LogP contribution in [0.2, 0.25) is 5.02 Å². The number of benzene rings is 3. The van der Waals surface area contributed by atoms with E-state index >= 15 is 0 Å². The van der Waals surface area contributed by atoms with Crippen molar-refractivity contribution in [3.8, 4) is 28.5 Å². The minimum absolute atomic E-state index is 0.0282. The number of carbonyl (C=O) groups is 2. The molecule has 0 bridgehead atoms. The van der Waals surface area contributed by atoms with Gasteiger partial charge in [-0.15, -0.1) is 0 Å². The van der Waals surface area contributed by atoms with Crippen molar-refractivity contribution >= 4 is 29.6 Å². The fraction of sp³-hybridized carbons (Fsp3) is 0.265. The Kier molecular flexibility index (Phi) is 9.55. The molecule has 228 valence electrons. The molecule has 3 aromatic carbocycles. The van der Waals surface area contributed by atoms with Gasteiger partial charge >= 0.3 is 11.9 Å². The highest BCUT2D eigenvalue weighted by Crippen LogP contribution is 2.36. The first kappa shape index (κ1) is 30.7. The zero-order valence-corrected chi connectivity index (χ0v) is 25.3. The predicted molar refractivity (Wildman–Crippen MR) is 167 cm³/mol. The van der Waals surface area contributed by atoms with Crippen molar-refractivity contribution in [1.29, 1.82) is 0 Å². The van der Waals surface area contributed by atoms with Crippen LogP contribution in [0.4, 0.5) is 0 Å². The van der Waals surface area contributed by atoms with Crippen LogP contribution in [-0.4, -0.2) is 45.6 Å². The first-order chi connectivity index (χ1) is 21.3. The number of rotatable bonds is 13. The second kappa shape index (κ2) is 13.7. The third kappa shape index (κ3) is 6.73. The van der Waals surface area contributed by atoms with E-state index < -0.39 is 11.9 Å². The van der Waals surface area contributed by atoms with E-state index in [0.717, 1.165) is 36.1 Å². The summed E-state index contributed by atoms with van der Waals surface area (Å²) in [7, 11) is 1.57. The Balaban J connectivity index is 1.56. The minimum Gasteiger partial charge on any atom is -0.496 e. The van der Waals surface area contributed by atoms with Gasteiger partial charge in [0.1, 0.15) is 29.4 Å². The van der Waals surface area contributed by atoms with Gasteiger partial charge in [-0.25, -0.2) is 9.59 Å². The number of methoxy groups -OCH3 is 1.